The summed E-state index contributed by atoms with van der Waals surface area (Å²) in [7, 11) is 1.79. The quantitative estimate of drug-likeness (QED) is 0.871. The Hall–Kier alpha value is -1.33. The summed E-state index contributed by atoms with van der Waals surface area (Å²) in [6.07, 6.45) is 3.06. The molecule has 1 aromatic rings. The maximum Gasteiger partial charge on any atom is 0.225 e. The van der Waals surface area contributed by atoms with Crippen LogP contribution in [-0.4, -0.2) is 37.6 Å². The molecule has 0 radical (unpaired) electrons. The molecule has 22 heavy (non-hydrogen) atoms. The number of nitrogens with zero attached hydrogens (tertiary/aromatic N) is 1. The van der Waals surface area contributed by atoms with Crippen molar-refractivity contribution < 1.29 is 13.9 Å². The number of carbonyl (C=O) groups excluding carboxylic acids is 1. The third-order valence-electron chi connectivity index (χ3n) is 4.16. The molecule has 4 nitrogen and oxygen atoms in total. The Labute approximate surface area is 137 Å². The summed E-state index contributed by atoms with van der Waals surface area (Å²) in [5.74, 6) is 0.857. The van der Waals surface area contributed by atoms with Gasteiger partial charge in [0.15, 0.2) is 0 Å². The van der Waals surface area contributed by atoms with Crippen molar-refractivity contribution in [1.29, 1.82) is 0 Å². The molecular formula is C16H24ClFN2O2. The molecule has 0 spiro atoms. The van der Waals surface area contributed by atoms with E-state index in [9.17, 15) is 9.18 Å². The van der Waals surface area contributed by atoms with Crippen LogP contribution in [0.25, 0.3) is 0 Å². The molecule has 1 fully saturated rings. The number of carbonyl (C=O) groups is 1. The highest BCUT2D eigenvalue weighted by Gasteiger charge is 2.33. The van der Waals surface area contributed by atoms with Crippen LogP contribution in [0.4, 0.5) is 4.39 Å². The lowest BCUT2D eigenvalue weighted by molar-refractivity contribution is -0.135. The van der Waals surface area contributed by atoms with E-state index in [0.717, 1.165) is 19.3 Å². The van der Waals surface area contributed by atoms with Crippen molar-refractivity contribution in [2.24, 2.45) is 17.6 Å². The van der Waals surface area contributed by atoms with Crippen LogP contribution in [0.1, 0.15) is 19.3 Å². The minimum Gasteiger partial charge on any atom is -0.492 e. The molecule has 0 saturated heterocycles. The van der Waals surface area contributed by atoms with Gasteiger partial charge in [-0.05, 0) is 49.6 Å². The maximum absolute atomic E-state index is 12.8. The van der Waals surface area contributed by atoms with Crippen LogP contribution in [0.5, 0.6) is 5.75 Å². The molecule has 2 rings (SSSR count). The molecule has 124 valence electrons. The fourth-order valence-electron chi connectivity index (χ4n) is 2.87. The number of rotatable bonds is 6. The van der Waals surface area contributed by atoms with Crippen molar-refractivity contribution in [3.05, 3.63) is 30.1 Å². The van der Waals surface area contributed by atoms with Gasteiger partial charge in [0.05, 0.1) is 6.54 Å². The monoisotopic (exact) mass is 330 g/mol. The highest BCUT2D eigenvalue weighted by molar-refractivity contribution is 5.85. The maximum atomic E-state index is 12.8. The molecule has 0 unspecified atom stereocenters. The van der Waals surface area contributed by atoms with Gasteiger partial charge in [-0.25, -0.2) is 4.39 Å². The minimum atomic E-state index is -0.288. The molecule has 2 N–H and O–H groups in total. The number of likely N-dealkylation sites (N-methyl/N-ethyl adjacent to an activating group) is 1. The smallest absolute Gasteiger partial charge is 0.225 e. The van der Waals surface area contributed by atoms with Crippen molar-refractivity contribution in [2.45, 2.75) is 19.3 Å². The van der Waals surface area contributed by atoms with Crippen LogP contribution < -0.4 is 10.5 Å². The first-order valence-electron chi connectivity index (χ1n) is 7.45. The molecule has 0 aromatic heterocycles. The van der Waals surface area contributed by atoms with Crippen LogP contribution >= 0.6 is 12.4 Å². The van der Waals surface area contributed by atoms with Crippen LogP contribution in [0.2, 0.25) is 0 Å². The van der Waals surface area contributed by atoms with Gasteiger partial charge in [0, 0.05) is 13.0 Å². The predicted molar refractivity (Wildman–Crippen MR) is 86.7 cm³/mol. The molecule has 0 bridgehead atoms. The lowest BCUT2D eigenvalue weighted by Gasteiger charge is -2.24. The van der Waals surface area contributed by atoms with Gasteiger partial charge in [-0.2, -0.15) is 0 Å². The molecule has 0 aliphatic heterocycles. The Morgan fingerprint density at radius 3 is 2.68 bits per heavy atom. The Balaban J connectivity index is 0.00000242. The largest absolute Gasteiger partial charge is 0.492 e. The SMILES string of the molecule is CN(CCOc1ccc(F)cc1)C(=O)[C@@H]1CCC[C@@H]1CN.Cl. The predicted octanol–water partition coefficient (Wildman–Crippen LogP) is 2.46. The fraction of sp³-hybridized carbons (Fsp3) is 0.562. The van der Waals surface area contributed by atoms with E-state index >= 15 is 0 Å². The number of hydrogen-bond acceptors (Lipinski definition) is 3. The second kappa shape index (κ2) is 8.96. The van der Waals surface area contributed by atoms with Gasteiger partial charge < -0.3 is 15.4 Å². The van der Waals surface area contributed by atoms with Gasteiger partial charge in [-0.15, -0.1) is 12.4 Å². The van der Waals surface area contributed by atoms with E-state index in [2.05, 4.69) is 0 Å². The molecule has 1 aliphatic rings. The van der Waals surface area contributed by atoms with Gasteiger partial charge in [0.25, 0.3) is 0 Å². The first kappa shape index (κ1) is 18.7. The number of halogens is 2. The van der Waals surface area contributed by atoms with Gasteiger partial charge in [-0.1, -0.05) is 6.42 Å². The highest BCUT2D eigenvalue weighted by atomic mass is 35.5. The average molecular weight is 331 g/mol. The number of hydrogen-bond donors (Lipinski definition) is 1. The van der Waals surface area contributed by atoms with E-state index in [1.165, 1.54) is 12.1 Å². The van der Waals surface area contributed by atoms with Crippen LogP contribution in [0.15, 0.2) is 24.3 Å². The highest BCUT2D eigenvalue weighted by Crippen LogP contribution is 2.32. The Kier molecular flexibility index (Phi) is 7.62. The third-order valence-corrected chi connectivity index (χ3v) is 4.16. The molecule has 1 aromatic carbocycles. The van der Waals surface area contributed by atoms with Crippen molar-refractivity contribution in [3.8, 4) is 5.75 Å². The molecule has 1 saturated carbocycles. The van der Waals surface area contributed by atoms with Crippen molar-refractivity contribution >= 4 is 18.3 Å². The van der Waals surface area contributed by atoms with Crippen LogP contribution in [-0.2, 0) is 4.79 Å². The topological polar surface area (TPSA) is 55.6 Å². The van der Waals surface area contributed by atoms with E-state index in [4.69, 9.17) is 10.5 Å². The summed E-state index contributed by atoms with van der Waals surface area (Å²) in [4.78, 5) is 14.1. The third kappa shape index (κ3) is 4.85. The summed E-state index contributed by atoms with van der Waals surface area (Å²) >= 11 is 0. The molecule has 6 heteroatoms. The zero-order valence-corrected chi connectivity index (χ0v) is 13.7. The summed E-state index contributed by atoms with van der Waals surface area (Å²) in [6, 6.07) is 5.88. The fourth-order valence-corrected chi connectivity index (χ4v) is 2.87. The standard InChI is InChI=1S/C16H23FN2O2.ClH/c1-19(16(20)15-4-2-3-12(15)11-18)9-10-21-14-7-5-13(17)6-8-14;/h5-8,12,15H,2-4,9-11,18H2,1H3;1H/t12-,15-;/m1./s1. The molecule has 2 atom stereocenters. The number of amides is 1. The van der Waals surface area contributed by atoms with Gasteiger partial charge in [-0.3, -0.25) is 4.79 Å². The van der Waals surface area contributed by atoms with Crippen molar-refractivity contribution in [2.75, 3.05) is 26.7 Å². The molecule has 0 heterocycles. The Bertz CT molecular complexity index is 470. The van der Waals surface area contributed by atoms with E-state index in [-0.39, 0.29) is 30.0 Å². The average Bonchev–Trinajstić information content (AvgIpc) is 2.96. The van der Waals surface area contributed by atoms with E-state index in [1.54, 1.807) is 24.1 Å². The Morgan fingerprint density at radius 2 is 2.05 bits per heavy atom. The zero-order chi connectivity index (χ0) is 15.2. The number of benzene rings is 1. The second-order valence-corrected chi connectivity index (χ2v) is 5.60. The number of nitrogens with two attached hydrogens (primary N) is 1. The summed E-state index contributed by atoms with van der Waals surface area (Å²) < 4.78 is 18.3. The van der Waals surface area contributed by atoms with Gasteiger partial charge in [0.1, 0.15) is 18.2 Å². The summed E-state index contributed by atoms with van der Waals surface area (Å²) in [6.45, 7) is 1.49. The first-order chi connectivity index (χ1) is 10.1. The van der Waals surface area contributed by atoms with E-state index in [0.29, 0.717) is 31.4 Å². The van der Waals surface area contributed by atoms with Crippen molar-refractivity contribution in [1.82, 2.24) is 4.90 Å². The van der Waals surface area contributed by atoms with Crippen molar-refractivity contribution in [3.63, 3.8) is 0 Å². The second-order valence-electron chi connectivity index (χ2n) is 5.60. The lowest BCUT2D eigenvalue weighted by Crippen LogP contribution is -2.38. The van der Waals surface area contributed by atoms with Gasteiger partial charge >= 0.3 is 0 Å². The van der Waals surface area contributed by atoms with Crippen LogP contribution in [0.3, 0.4) is 0 Å². The minimum absolute atomic E-state index is 0. The molecule has 1 amide bonds. The lowest BCUT2D eigenvalue weighted by atomic mass is 9.95. The normalized spacial score (nSPS) is 20.3. The van der Waals surface area contributed by atoms with E-state index in [1.807, 2.05) is 0 Å². The zero-order valence-electron chi connectivity index (χ0n) is 12.8. The van der Waals surface area contributed by atoms with Crippen LogP contribution in [0, 0.1) is 17.7 Å². The molecular weight excluding hydrogens is 307 g/mol. The first-order valence-corrected chi connectivity index (χ1v) is 7.45. The van der Waals surface area contributed by atoms with E-state index < -0.39 is 0 Å². The molecule has 1 aliphatic carbocycles. The Morgan fingerprint density at radius 1 is 1.36 bits per heavy atom. The van der Waals surface area contributed by atoms with Gasteiger partial charge in [0.2, 0.25) is 5.91 Å². The summed E-state index contributed by atoms with van der Waals surface area (Å²) in [5, 5.41) is 0. The summed E-state index contributed by atoms with van der Waals surface area (Å²) in [5.41, 5.74) is 5.72. The number of ether oxygens (including phenoxy) is 1.